The first-order valence-electron chi connectivity index (χ1n) is 21.2. The molecule has 208 valence electrons. The maximum absolute atomic E-state index is 9.48. The van der Waals surface area contributed by atoms with E-state index >= 15 is 0 Å². The average molecular weight is 577 g/mol. The maximum Gasteiger partial charge on any atom is 0.145 e. The molecule has 0 aliphatic heterocycles. The first-order chi connectivity index (χ1) is 27.4. The Hall–Kier alpha value is -5.47. The van der Waals surface area contributed by atoms with E-state index in [1.54, 1.807) is 71.3 Å². The summed E-state index contributed by atoms with van der Waals surface area (Å²) in [7, 11) is 0. The Morgan fingerprint density at radius 1 is 0.614 bits per heavy atom. The van der Waals surface area contributed by atoms with E-state index in [1.165, 1.54) is 12.1 Å². The predicted octanol–water partition coefficient (Wildman–Crippen LogP) is 11.0. The van der Waals surface area contributed by atoms with Crippen LogP contribution in [0.15, 0.2) is 145 Å². The molecule has 1 aromatic heterocycles. The van der Waals surface area contributed by atoms with E-state index in [1.807, 2.05) is 18.2 Å². The molecule has 0 radical (unpaired) electrons. The van der Waals surface area contributed by atoms with Crippen LogP contribution in [0.5, 0.6) is 0 Å². The third kappa shape index (κ3) is 3.46. The summed E-state index contributed by atoms with van der Waals surface area (Å²) in [4.78, 5) is 4.93. The van der Waals surface area contributed by atoms with Crippen molar-refractivity contribution in [3.05, 3.63) is 157 Å². The highest BCUT2D eigenvalue weighted by molar-refractivity contribution is 6.19. The van der Waals surface area contributed by atoms with E-state index in [0.29, 0.717) is 33.5 Å². The molecule has 0 bridgehead atoms. The molecule has 0 unspecified atom stereocenters. The standard InChI is InChI=1S/C42H30N2/c1-42(2)35-21-11-10-16-29(35)30-25-24-28(26-36(30)42)39-31-17-6-8-19-33(31)40(34-20-9-7-18-32(34)39)44-38-23-13-12-22-37(38)43-41(44)27-14-4-3-5-15-27/h3-26H,1-2H3/i1D3,2D3,6D,7D,8D,9D,17D,18D,19D,20D. The fraction of sp³-hybridized carbons (Fsp3) is 0.0714. The van der Waals surface area contributed by atoms with E-state index in [0.717, 1.165) is 0 Å². The van der Waals surface area contributed by atoms with E-state index in [9.17, 15) is 5.48 Å². The Bertz CT molecular complexity index is 2980. The van der Waals surface area contributed by atoms with E-state index < -0.39 is 67.5 Å². The highest BCUT2D eigenvalue weighted by Gasteiger charge is 2.35. The molecular weight excluding hydrogens is 532 g/mol. The quantitative estimate of drug-likeness (QED) is 0.191. The second kappa shape index (κ2) is 9.26. The zero-order valence-electron chi connectivity index (χ0n) is 37.1. The lowest BCUT2D eigenvalue weighted by Crippen LogP contribution is -2.14. The lowest BCUT2D eigenvalue weighted by atomic mass is 9.81. The predicted molar refractivity (Wildman–Crippen MR) is 185 cm³/mol. The van der Waals surface area contributed by atoms with Gasteiger partial charge in [0.25, 0.3) is 0 Å². The van der Waals surface area contributed by atoms with Crippen LogP contribution in [0.1, 0.15) is 44.0 Å². The van der Waals surface area contributed by atoms with Gasteiger partial charge in [-0.2, -0.15) is 0 Å². The number of imidazole rings is 1. The van der Waals surface area contributed by atoms with Gasteiger partial charge in [0.1, 0.15) is 5.82 Å². The van der Waals surface area contributed by atoms with Gasteiger partial charge in [0.05, 0.1) is 27.7 Å². The number of aromatic nitrogens is 2. The summed E-state index contributed by atoms with van der Waals surface area (Å²) in [5.41, 5.74) is -0.0359. The first kappa shape index (κ1) is 14.8. The van der Waals surface area contributed by atoms with Gasteiger partial charge in [-0.15, -0.1) is 0 Å². The molecule has 0 saturated heterocycles. The van der Waals surface area contributed by atoms with Crippen molar-refractivity contribution < 1.29 is 19.2 Å². The minimum absolute atomic E-state index is 0.0354. The molecule has 0 atom stereocenters. The van der Waals surface area contributed by atoms with Crippen LogP contribution in [0.4, 0.5) is 0 Å². The summed E-state index contributed by atoms with van der Waals surface area (Å²) in [6.07, 6.45) is 0. The summed E-state index contributed by atoms with van der Waals surface area (Å²) in [6, 6.07) is 22.6. The molecule has 1 heterocycles. The Kier molecular flexibility index (Phi) is 3.12. The van der Waals surface area contributed by atoms with Crippen molar-refractivity contribution in [2.45, 2.75) is 19.1 Å². The molecule has 8 aromatic rings. The maximum atomic E-state index is 9.48. The van der Waals surface area contributed by atoms with Gasteiger partial charge in [-0.25, -0.2) is 4.98 Å². The smallest absolute Gasteiger partial charge is 0.145 e. The fourth-order valence-electron chi connectivity index (χ4n) is 6.59. The lowest BCUT2D eigenvalue weighted by Gasteiger charge is -2.23. The van der Waals surface area contributed by atoms with Gasteiger partial charge in [0, 0.05) is 30.0 Å². The van der Waals surface area contributed by atoms with Crippen LogP contribution in [0.2, 0.25) is 0 Å². The van der Waals surface area contributed by atoms with Crippen LogP contribution >= 0.6 is 0 Å². The molecule has 0 spiro atoms. The minimum Gasteiger partial charge on any atom is -0.291 e. The highest BCUT2D eigenvalue weighted by Crippen LogP contribution is 2.51. The molecule has 7 aromatic carbocycles. The lowest BCUT2D eigenvalue weighted by molar-refractivity contribution is 0.660. The average Bonchev–Trinajstić information content (AvgIpc) is 3.74. The molecule has 2 heteroatoms. The molecular formula is C42H30N2. The van der Waals surface area contributed by atoms with Crippen molar-refractivity contribution in [3.8, 4) is 39.3 Å². The number of hydrogen-bond acceptors (Lipinski definition) is 1. The van der Waals surface area contributed by atoms with Crippen LogP contribution in [0, 0.1) is 0 Å². The summed E-state index contributed by atoms with van der Waals surface area (Å²) < 4.78 is 128. The van der Waals surface area contributed by atoms with Crippen LogP contribution in [0.25, 0.3) is 71.9 Å². The Labute approximate surface area is 276 Å². The van der Waals surface area contributed by atoms with Gasteiger partial charge < -0.3 is 0 Å². The monoisotopic (exact) mass is 576 g/mol. The minimum atomic E-state index is -3.12. The van der Waals surface area contributed by atoms with Crippen LogP contribution in [0.3, 0.4) is 0 Å². The number of hydrogen-bond donors (Lipinski definition) is 0. The normalized spacial score (nSPS) is 18.5. The van der Waals surface area contributed by atoms with Crippen LogP contribution < -0.4 is 0 Å². The second-order valence-electron chi connectivity index (χ2n) is 10.9. The molecule has 44 heavy (non-hydrogen) atoms. The molecule has 0 amide bonds. The summed E-state index contributed by atoms with van der Waals surface area (Å²) in [6.45, 7) is -6.23. The van der Waals surface area contributed by atoms with Crippen LogP contribution in [-0.2, 0) is 5.41 Å². The summed E-state index contributed by atoms with van der Waals surface area (Å²) in [5, 5.41) is -0.389. The topological polar surface area (TPSA) is 17.8 Å². The van der Waals surface area contributed by atoms with Gasteiger partial charge >= 0.3 is 0 Å². The fourth-order valence-corrected chi connectivity index (χ4v) is 6.59. The number of benzene rings is 7. The molecule has 0 fully saturated rings. The third-order valence-corrected chi connectivity index (χ3v) is 8.50. The zero-order valence-corrected chi connectivity index (χ0v) is 23.1. The van der Waals surface area contributed by atoms with Gasteiger partial charge in [0.2, 0.25) is 0 Å². The molecule has 0 saturated carbocycles. The Morgan fingerprint density at radius 2 is 1.25 bits per heavy atom. The van der Waals surface area contributed by atoms with Gasteiger partial charge in [-0.05, 0) is 62.4 Å². The van der Waals surface area contributed by atoms with E-state index in [2.05, 4.69) is 0 Å². The van der Waals surface area contributed by atoms with Gasteiger partial charge in [-0.3, -0.25) is 4.57 Å². The van der Waals surface area contributed by atoms with Crippen molar-refractivity contribution in [2.75, 3.05) is 0 Å². The van der Waals surface area contributed by atoms with Gasteiger partial charge in [-0.1, -0.05) is 141 Å². The second-order valence-corrected chi connectivity index (χ2v) is 10.9. The highest BCUT2D eigenvalue weighted by atomic mass is 15.1. The molecule has 9 rings (SSSR count). The van der Waals surface area contributed by atoms with Crippen molar-refractivity contribution in [1.29, 1.82) is 0 Å². The van der Waals surface area contributed by atoms with E-state index in [-0.39, 0.29) is 49.5 Å². The first-order valence-corrected chi connectivity index (χ1v) is 14.2. The number of fused-ring (bicyclic) bond motifs is 6. The molecule has 1 aliphatic carbocycles. The SMILES string of the molecule is [2H]c1c([2H])c([2H])c2c(-n3c(-c4ccccc4)nc4ccccc43)c3c([2H])c([2H])c([2H])c([2H])c3c(-c3ccc4c(c3)C(C([2H])([2H])[2H])(C([2H])([2H])[2H])c3ccccc3-4)c2c1[2H]. The zero-order chi connectivity index (χ0) is 41.4. The van der Waals surface area contributed by atoms with Crippen molar-refractivity contribution in [3.63, 3.8) is 0 Å². The van der Waals surface area contributed by atoms with Crippen molar-refractivity contribution in [1.82, 2.24) is 9.55 Å². The third-order valence-electron chi connectivity index (χ3n) is 8.50. The Balaban J connectivity index is 1.55. The van der Waals surface area contributed by atoms with Crippen molar-refractivity contribution in [2.24, 2.45) is 0 Å². The summed E-state index contributed by atoms with van der Waals surface area (Å²) >= 11 is 0. The molecule has 0 N–H and O–H groups in total. The number of rotatable bonds is 3. The molecule has 2 nitrogen and oxygen atoms in total. The molecule has 1 aliphatic rings. The Morgan fingerprint density at radius 3 is 2.00 bits per heavy atom. The van der Waals surface area contributed by atoms with Crippen molar-refractivity contribution >= 4 is 32.6 Å². The van der Waals surface area contributed by atoms with Crippen LogP contribution in [-0.4, -0.2) is 9.55 Å². The van der Waals surface area contributed by atoms with Gasteiger partial charge in [0.15, 0.2) is 0 Å². The number of nitrogens with zero attached hydrogens (tertiary/aromatic N) is 2. The largest absolute Gasteiger partial charge is 0.291 e. The van der Waals surface area contributed by atoms with E-state index in [4.69, 9.17) is 18.7 Å². The summed E-state index contributed by atoms with van der Waals surface area (Å²) in [5.74, 6) is 0.340. The number of para-hydroxylation sites is 2.